The third-order valence-corrected chi connectivity index (χ3v) is 3.16. The second-order valence-corrected chi connectivity index (χ2v) is 4.23. The van der Waals surface area contributed by atoms with Gasteiger partial charge < -0.3 is 5.11 Å². The van der Waals surface area contributed by atoms with Crippen molar-refractivity contribution in [3.05, 3.63) is 52.3 Å². The molecule has 17 heavy (non-hydrogen) atoms. The lowest BCUT2D eigenvalue weighted by Crippen LogP contribution is -2.02. The molecule has 0 radical (unpaired) electrons. The van der Waals surface area contributed by atoms with E-state index in [4.69, 9.17) is 11.6 Å². The molecule has 0 unspecified atom stereocenters. The molecule has 3 nitrogen and oxygen atoms in total. The third kappa shape index (κ3) is 2.51. The van der Waals surface area contributed by atoms with Crippen molar-refractivity contribution in [1.29, 1.82) is 0 Å². The number of aliphatic hydroxyl groups excluding tert-OH is 1. The summed E-state index contributed by atoms with van der Waals surface area (Å²) in [5.74, 6) is 0. The van der Waals surface area contributed by atoms with Gasteiger partial charge in [-0.05, 0) is 12.0 Å². The zero-order valence-electron chi connectivity index (χ0n) is 9.73. The van der Waals surface area contributed by atoms with Crippen molar-refractivity contribution in [2.24, 2.45) is 0 Å². The molecule has 2 aromatic rings. The van der Waals surface area contributed by atoms with Crippen molar-refractivity contribution in [2.45, 2.75) is 26.5 Å². The summed E-state index contributed by atoms with van der Waals surface area (Å²) in [4.78, 5) is 0. The Morgan fingerprint density at radius 3 is 2.53 bits per heavy atom. The number of hydrogen-bond donors (Lipinski definition) is 1. The van der Waals surface area contributed by atoms with Crippen LogP contribution >= 0.6 is 11.6 Å². The maximum atomic E-state index is 9.27. The standard InChI is InChI=1S/C13H15ClN2O/c1-2-12-11(9-17)13(14)16(15-12)8-10-6-4-3-5-7-10/h3-7,17H,2,8-9H2,1H3. The Labute approximate surface area is 106 Å². The monoisotopic (exact) mass is 250 g/mol. The summed E-state index contributed by atoms with van der Waals surface area (Å²) in [7, 11) is 0. The first-order chi connectivity index (χ1) is 8.26. The molecule has 0 amide bonds. The van der Waals surface area contributed by atoms with Crippen molar-refractivity contribution in [1.82, 2.24) is 9.78 Å². The molecule has 0 bridgehead atoms. The van der Waals surface area contributed by atoms with Crippen LogP contribution in [0.2, 0.25) is 5.15 Å². The lowest BCUT2D eigenvalue weighted by Gasteiger charge is -2.03. The molecule has 0 saturated heterocycles. The van der Waals surface area contributed by atoms with E-state index >= 15 is 0 Å². The van der Waals surface area contributed by atoms with Crippen LogP contribution in [-0.2, 0) is 19.6 Å². The third-order valence-electron chi connectivity index (χ3n) is 2.73. The Bertz CT molecular complexity index is 494. The number of halogens is 1. The zero-order valence-corrected chi connectivity index (χ0v) is 10.5. The molecule has 1 aromatic carbocycles. The van der Waals surface area contributed by atoms with Crippen LogP contribution in [0.4, 0.5) is 0 Å². The Morgan fingerprint density at radius 1 is 1.29 bits per heavy atom. The molecule has 1 aromatic heterocycles. The highest BCUT2D eigenvalue weighted by Gasteiger charge is 2.14. The molecule has 0 aliphatic rings. The predicted octanol–water partition coefficient (Wildman–Crippen LogP) is 2.64. The minimum Gasteiger partial charge on any atom is -0.391 e. The van der Waals surface area contributed by atoms with Gasteiger partial charge in [-0.3, -0.25) is 0 Å². The van der Waals surface area contributed by atoms with E-state index in [-0.39, 0.29) is 6.61 Å². The fraction of sp³-hybridized carbons (Fsp3) is 0.308. The van der Waals surface area contributed by atoms with Crippen molar-refractivity contribution < 1.29 is 5.11 Å². The Kier molecular flexibility index (Phi) is 3.82. The van der Waals surface area contributed by atoms with Crippen LogP contribution in [0.15, 0.2) is 30.3 Å². The van der Waals surface area contributed by atoms with Gasteiger partial charge in [0.25, 0.3) is 0 Å². The number of nitrogens with zero attached hydrogens (tertiary/aromatic N) is 2. The van der Waals surface area contributed by atoms with E-state index in [2.05, 4.69) is 5.10 Å². The highest BCUT2D eigenvalue weighted by molar-refractivity contribution is 6.30. The van der Waals surface area contributed by atoms with Crippen molar-refractivity contribution in [3.8, 4) is 0 Å². The summed E-state index contributed by atoms with van der Waals surface area (Å²) in [5, 5.41) is 14.2. The van der Waals surface area contributed by atoms with Gasteiger partial charge in [0, 0.05) is 5.56 Å². The Hall–Kier alpha value is -1.32. The van der Waals surface area contributed by atoms with Gasteiger partial charge in [-0.2, -0.15) is 5.10 Å². The number of hydrogen-bond acceptors (Lipinski definition) is 2. The average molecular weight is 251 g/mol. The van der Waals surface area contributed by atoms with E-state index in [1.54, 1.807) is 4.68 Å². The van der Waals surface area contributed by atoms with E-state index in [9.17, 15) is 5.11 Å². The van der Waals surface area contributed by atoms with Gasteiger partial charge in [-0.15, -0.1) is 0 Å². The molecule has 0 fully saturated rings. The average Bonchev–Trinajstić information content (AvgIpc) is 2.67. The lowest BCUT2D eigenvalue weighted by atomic mass is 10.2. The van der Waals surface area contributed by atoms with E-state index in [1.165, 1.54) is 0 Å². The van der Waals surface area contributed by atoms with Crippen LogP contribution in [0.3, 0.4) is 0 Å². The molecular weight excluding hydrogens is 236 g/mol. The van der Waals surface area contributed by atoms with Crippen LogP contribution in [0.1, 0.15) is 23.7 Å². The minimum absolute atomic E-state index is 0.0587. The lowest BCUT2D eigenvalue weighted by molar-refractivity contribution is 0.280. The van der Waals surface area contributed by atoms with E-state index in [0.717, 1.165) is 23.2 Å². The van der Waals surface area contributed by atoms with Crippen molar-refractivity contribution in [2.75, 3.05) is 0 Å². The van der Waals surface area contributed by atoms with E-state index in [1.807, 2.05) is 37.3 Å². The first-order valence-corrected chi connectivity index (χ1v) is 6.03. The van der Waals surface area contributed by atoms with Crippen LogP contribution in [0.25, 0.3) is 0 Å². The summed E-state index contributed by atoms with van der Waals surface area (Å²) in [5.41, 5.74) is 2.75. The maximum Gasteiger partial charge on any atom is 0.133 e. The highest BCUT2D eigenvalue weighted by atomic mass is 35.5. The fourth-order valence-corrected chi connectivity index (χ4v) is 2.09. The normalized spacial score (nSPS) is 10.8. The van der Waals surface area contributed by atoms with Crippen LogP contribution in [0, 0.1) is 0 Å². The van der Waals surface area contributed by atoms with Crippen molar-refractivity contribution in [3.63, 3.8) is 0 Å². The maximum absolute atomic E-state index is 9.27. The summed E-state index contributed by atoms with van der Waals surface area (Å²) < 4.78 is 1.74. The molecule has 0 saturated carbocycles. The summed E-state index contributed by atoms with van der Waals surface area (Å²) in [6, 6.07) is 10.0. The smallest absolute Gasteiger partial charge is 0.133 e. The largest absolute Gasteiger partial charge is 0.391 e. The zero-order chi connectivity index (χ0) is 12.3. The van der Waals surface area contributed by atoms with Gasteiger partial charge in [0.1, 0.15) is 5.15 Å². The Morgan fingerprint density at radius 2 is 2.00 bits per heavy atom. The molecule has 0 atom stereocenters. The summed E-state index contributed by atoms with van der Waals surface area (Å²) >= 11 is 6.20. The predicted molar refractivity (Wildman–Crippen MR) is 68.1 cm³/mol. The van der Waals surface area contributed by atoms with Gasteiger partial charge in [-0.25, -0.2) is 4.68 Å². The second-order valence-electron chi connectivity index (χ2n) is 3.87. The summed E-state index contributed by atoms with van der Waals surface area (Å²) in [6.45, 7) is 2.58. The van der Waals surface area contributed by atoms with Gasteiger partial charge in [0.2, 0.25) is 0 Å². The van der Waals surface area contributed by atoms with Crippen molar-refractivity contribution >= 4 is 11.6 Å². The van der Waals surface area contributed by atoms with Crippen LogP contribution < -0.4 is 0 Å². The quantitative estimate of drug-likeness (QED) is 0.906. The molecule has 2 rings (SSSR count). The second kappa shape index (κ2) is 5.34. The molecule has 4 heteroatoms. The molecule has 1 heterocycles. The van der Waals surface area contributed by atoms with Gasteiger partial charge in [0.15, 0.2) is 0 Å². The molecule has 1 N–H and O–H groups in total. The van der Waals surface area contributed by atoms with E-state index in [0.29, 0.717) is 11.7 Å². The molecule has 90 valence electrons. The molecular formula is C13H15ClN2O. The van der Waals surface area contributed by atoms with Crippen LogP contribution in [-0.4, -0.2) is 14.9 Å². The summed E-state index contributed by atoms with van der Waals surface area (Å²) in [6.07, 6.45) is 0.775. The number of aryl methyl sites for hydroxylation is 1. The first-order valence-electron chi connectivity index (χ1n) is 5.65. The van der Waals surface area contributed by atoms with E-state index < -0.39 is 0 Å². The minimum atomic E-state index is -0.0587. The van der Waals surface area contributed by atoms with Gasteiger partial charge in [0.05, 0.1) is 18.8 Å². The van der Waals surface area contributed by atoms with Crippen LogP contribution in [0.5, 0.6) is 0 Å². The van der Waals surface area contributed by atoms with Gasteiger partial charge in [-0.1, -0.05) is 48.9 Å². The number of benzene rings is 1. The SMILES string of the molecule is CCc1nn(Cc2ccccc2)c(Cl)c1CO. The molecule has 0 aliphatic heterocycles. The number of aliphatic hydroxyl groups is 1. The Balaban J connectivity index is 2.31. The fourth-order valence-electron chi connectivity index (χ4n) is 1.83. The first kappa shape index (κ1) is 12.1. The van der Waals surface area contributed by atoms with Gasteiger partial charge >= 0.3 is 0 Å². The topological polar surface area (TPSA) is 38.0 Å². The molecule has 0 aliphatic carbocycles. The highest BCUT2D eigenvalue weighted by Crippen LogP contribution is 2.21. The number of rotatable bonds is 4. The molecule has 0 spiro atoms. The number of aromatic nitrogens is 2.